The average Bonchev–Trinajstić information content (AvgIpc) is 2.91. The van der Waals surface area contributed by atoms with Gasteiger partial charge in [0.05, 0.1) is 13.2 Å². The molecule has 1 unspecified atom stereocenters. The van der Waals surface area contributed by atoms with Crippen molar-refractivity contribution < 1.29 is 14.1 Å². The van der Waals surface area contributed by atoms with Crippen LogP contribution in [0.4, 0.5) is 0 Å². The zero-order valence-electron chi connectivity index (χ0n) is 12.4. The van der Waals surface area contributed by atoms with E-state index in [0.717, 1.165) is 21.6 Å². The number of hydrogen-bond donors (Lipinski definition) is 2. The van der Waals surface area contributed by atoms with Crippen LogP contribution in [0.25, 0.3) is 0 Å². The van der Waals surface area contributed by atoms with Gasteiger partial charge in [0.2, 0.25) is 5.91 Å². The molecule has 22 heavy (non-hydrogen) atoms. The number of carbonyl (C=O) groups is 1. The maximum absolute atomic E-state index is 12.0. The molecule has 0 aliphatic rings. The van der Waals surface area contributed by atoms with Crippen molar-refractivity contribution in [2.45, 2.75) is 25.8 Å². The first-order valence-corrected chi connectivity index (χ1v) is 9.28. The van der Waals surface area contributed by atoms with Gasteiger partial charge in [-0.25, -0.2) is 0 Å². The van der Waals surface area contributed by atoms with Crippen molar-refractivity contribution in [2.75, 3.05) is 5.75 Å². The second-order valence-corrected chi connectivity index (χ2v) is 7.46. The van der Waals surface area contributed by atoms with Gasteiger partial charge in [0.1, 0.15) is 5.75 Å². The lowest BCUT2D eigenvalue weighted by Gasteiger charge is -2.06. The molecule has 1 atom stereocenters. The molecule has 0 bridgehead atoms. The molecule has 0 saturated heterocycles. The van der Waals surface area contributed by atoms with E-state index in [9.17, 15) is 9.00 Å². The van der Waals surface area contributed by atoms with E-state index in [1.807, 2.05) is 30.5 Å². The third-order valence-electron chi connectivity index (χ3n) is 3.24. The molecule has 6 heteroatoms. The second kappa shape index (κ2) is 8.22. The number of rotatable bonds is 7. The summed E-state index contributed by atoms with van der Waals surface area (Å²) in [6, 6.07) is 9.27. The first kappa shape index (κ1) is 16.9. The molecule has 0 aliphatic carbocycles. The van der Waals surface area contributed by atoms with Gasteiger partial charge < -0.3 is 10.4 Å². The fourth-order valence-electron chi connectivity index (χ4n) is 1.94. The van der Waals surface area contributed by atoms with E-state index in [1.54, 1.807) is 23.5 Å². The van der Waals surface area contributed by atoms with Crippen LogP contribution in [-0.4, -0.2) is 21.0 Å². The summed E-state index contributed by atoms with van der Waals surface area (Å²) in [6.45, 7) is 2.49. The van der Waals surface area contributed by atoms with Crippen molar-refractivity contribution in [1.29, 1.82) is 0 Å². The van der Waals surface area contributed by atoms with Crippen molar-refractivity contribution >= 4 is 28.0 Å². The number of aryl methyl sites for hydroxylation is 1. The molecule has 1 heterocycles. The third-order valence-corrected chi connectivity index (χ3v) is 5.50. The maximum Gasteiger partial charge on any atom is 0.232 e. The largest absolute Gasteiger partial charge is 0.392 e. The Morgan fingerprint density at radius 2 is 1.91 bits per heavy atom. The number of thiophene rings is 1. The third kappa shape index (κ3) is 5.05. The van der Waals surface area contributed by atoms with E-state index in [4.69, 9.17) is 5.11 Å². The molecule has 1 aromatic carbocycles. The van der Waals surface area contributed by atoms with Crippen LogP contribution in [0.3, 0.4) is 0 Å². The van der Waals surface area contributed by atoms with E-state index in [2.05, 4.69) is 5.32 Å². The standard InChI is InChI=1S/C16H19NO3S2/c1-12-6-7-21-15(12)8-17-16(19)11-22(20)10-14-4-2-13(9-18)3-5-14/h2-7,18H,8-11H2,1H3,(H,17,19). The number of benzene rings is 1. The highest BCUT2D eigenvalue weighted by molar-refractivity contribution is 7.84. The monoisotopic (exact) mass is 337 g/mol. The molecule has 0 radical (unpaired) electrons. The van der Waals surface area contributed by atoms with Crippen LogP contribution in [0.2, 0.25) is 0 Å². The molecule has 2 rings (SSSR count). The molecule has 1 aromatic heterocycles. The topological polar surface area (TPSA) is 66.4 Å². The Morgan fingerprint density at radius 3 is 2.50 bits per heavy atom. The summed E-state index contributed by atoms with van der Waals surface area (Å²) in [7, 11) is -1.23. The van der Waals surface area contributed by atoms with Crippen LogP contribution in [0, 0.1) is 6.92 Å². The lowest BCUT2D eigenvalue weighted by Crippen LogP contribution is -2.28. The summed E-state index contributed by atoms with van der Waals surface area (Å²) in [5.74, 6) is 0.154. The summed E-state index contributed by atoms with van der Waals surface area (Å²) in [5.41, 5.74) is 2.88. The fourth-order valence-corrected chi connectivity index (χ4v) is 3.85. The molecule has 0 fully saturated rings. The van der Waals surface area contributed by atoms with Crippen LogP contribution >= 0.6 is 11.3 Å². The molecule has 1 amide bonds. The Kier molecular flexibility index (Phi) is 6.30. The smallest absolute Gasteiger partial charge is 0.232 e. The van der Waals surface area contributed by atoms with E-state index in [0.29, 0.717) is 12.3 Å². The normalized spacial score (nSPS) is 12.1. The maximum atomic E-state index is 12.0. The Bertz CT molecular complexity index is 650. The van der Waals surface area contributed by atoms with Crippen LogP contribution in [0.5, 0.6) is 0 Å². The molecule has 2 aromatic rings. The highest BCUT2D eigenvalue weighted by Gasteiger charge is 2.09. The van der Waals surface area contributed by atoms with Gasteiger partial charge in [-0.1, -0.05) is 24.3 Å². The summed E-state index contributed by atoms with van der Waals surface area (Å²) in [6.07, 6.45) is 0. The summed E-state index contributed by atoms with van der Waals surface area (Å²) < 4.78 is 12.0. The van der Waals surface area contributed by atoms with Crippen molar-refractivity contribution in [3.05, 3.63) is 57.3 Å². The van der Waals surface area contributed by atoms with Gasteiger partial charge >= 0.3 is 0 Å². The molecule has 0 saturated carbocycles. The van der Waals surface area contributed by atoms with E-state index < -0.39 is 10.8 Å². The number of amides is 1. The van der Waals surface area contributed by atoms with Crippen LogP contribution < -0.4 is 5.32 Å². The van der Waals surface area contributed by atoms with E-state index in [1.165, 1.54) is 0 Å². The van der Waals surface area contributed by atoms with Crippen molar-refractivity contribution in [1.82, 2.24) is 5.32 Å². The minimum Gasteiger partial charge on any atom is -0.392 e. The van der Waals surface area contributed by atoms with Crippen LogP contribution in [-0.2, 0) is 34.5 Å². The Labute approximate surface area is 136 Å². The zero-order valence-corrected chi connectivity index (χ0v) is 14.0. The van der Waals surface area contributed by atoms with Gasteiger partial charge in [-0.3, -0.25) is 9.00 Å². The van der Waals surface area contributed by atoms with Crippen molar-refractivity contribution in [3.8, 4) is 0 Å². The lowest BCUT2D eigenvalue weighted by molar-refractivity contribution is -0.118. The number of hydrogen-bond acceptors (Lipinski definition) is 4. The predicted octanol–water partition coefficient (Wildman–Crippen LogP) is 2.11. The minimum atomic E-state index is -1.23. The van der Waals surface area contributed by atoms with Gasteiger partial charge in [-0.2, -0.15) is 0 Å². The number of aliphatic hydroxyl groups excluding tert-OH is 1. The van der Waals surface area contributed by atoms with Gasteiger partial charge in [-0.15, -0.1) is 11.3 Å². The average molecular weight is 337 g/mol. The molecular formula is C16H19NO3S2. The zero-order chi connectivity index (χ0) is 15.9. The summed E-state index contributed by atoms with van der Waals surface area (Å²) in [4.78, 5) is 12.9. The lowest BCUT2D eigenvalue weighted by atomic mass is 10.2. The molecule has 4 nitrogen and oxygen atoms in total. The summed E-state index contributed by atoms with van der Waals surface area (Å²) >= 11 is 1.61. The van der Waals surface area contributed by atoms with E-state index >= 15 is 0 Å². The molecule has 0 spiro atoms. The quantitative estimate of drug-likeness (QED) is 0.813. The molecule has 2 N–H and O–H groups in total. The second-order valence-electron chi connectivity index (χ2n) is 5.01. The fraction of sp³-hybridized carbons (Fsp3) is 0.312. The number of aliphatic hydroxyl groups is 1. The van der Waals surface area contributed by atoms with Crippen molar-refractivity contribution in [3.63, 3.8) is 0 Å². The summed E-state index contributed by atoms with van der Waals surface area (Å²) in [5, 5.41) is 13.8. The SMILES string of the molecule is Cc1ccsc1CNC(=O)CS(=O)Cc1ccc(CO)cc1. The number of carbonyl (C=O) groups excluding carboxylic acids is 1. The minimum absolute atomic E-state index is 0.00604. The Hall–Kier alpha value is -1.50. The van der Waals surface area contributed by atoms with Gasteiger partial charge in [-0.05, 0) is 35.1 Å². The predicted molar refractivity (Wildman–Crippen MR) is 90.0 cm³/mol. The first-order chi connectivity index (χ1) is 10.6. The van der Waals surface area contributed by atoms with Gasteiger partial charge in [0.25, 0.3) is 0 Å². The van der Waals surface area contributed by atoms with E-state index in [-0.39, 0.29) is 18.3 Å². The first-order valence-electron chi connectivity index (χ1n) is 6.92. The Morgan fingerprint density at radius 1 is 1.23 bits per heavy atom. The molecular weight excluding hydrogens is 318 g/mol. The van der Waals surface area contributed by atoms with Crippen LogP contribution in [0.1, 0.15) is 21.6 Å². The molecule has 118 valence electrons. The number of nitrogens with one attached hydrogen (secondary N) is 1. The highest BCUT2D eigenvalue weighted by atomic mass is 32.2. The van der Waals surface area contributed by atoms with Gasteiger partial charge in [0, 0.05) is 21.4 Å². The highest BCUT2D eigenvalue weighted by Crippen LogP contribution is 2.14. The molecule has 0 aliphatic heterocycles. The Balaban J connectivity index is 1.78. The van der Waals surface area contributed by atoms with Crippen LogP contribution in [0.15, 0.2) is 35.7 Å². The van der Waals surface area contributed by atoms with Crippen molar-refractivity contribution in [2.24, 2.45) is 0 Å². The van der Waals surface area contributed by atoms with Gasteiger partial charge in [0.15, 0.2) is 0 Å².